The van der Waals surface area contributed by atoms with Crippen LogP contribution in [0.2, 0.25) is 0 Å². The Bertz CT molecular complexity index is 660. The van der Waals surface area contributed by atoms with Gasteiger partial charge in [0.05, 0.1) is 17.8 Å². The fourth-order valence-electron chi connectivity index (χ4n) is 5.09. The van der Waals surface area contributed by atoms with Crippen molar-refractivity contribution < 1.29 is 24.9 Å². The van der Waals surface area contributed by atoms with Crippen LogP contribution >= 0.6 is 0 Å². The lowest BCUT2D eigenvalue weighted by Crippen LogP contribution is -2.59. The van der Waals surface area contributed by atoms with Gasteiger partial charge < -0.3 is 20.1 Å². The van der Waals surface area contributed by atoms with Gasteiger partial charge in [0.1, 0.15) is 0 Å². The Hall–Kier alpha value is -1.43. The number of allylic oxidation sites excluding steroid dienone is 3. The van der Waals surface area contributed by atoms with Crippen molar-refractivity contribution in [2.75, 3.05) is 7.11 Å². The van der Waals surface area contributed by atoms with Crippen molar-refractivity contribution in [1.82, 2.24) is 0 Å². The Balaban J connectivity index is 1.96. The molecule has 2 rings (SSSR count). The zero-order chi connectivity index (χ0) is 22.3. The van der Waals surface area contributed by atoms with E-state index in [2.05, 4.69) is 26.8 Å². The van der Waals surface area contributed by atoms with Gasteiger partial charge in [0.2, 0.25) is 0 Å². The van der Waals surface area contributed by atoms with Crippen LogP contribution in [-0.4, -0.2) is 46.2 Å². The number of fused-ring (bicyclic) bond motifs is 1. The first kappa shape index (κ1) is 24.8. The summed E-state index contributed by atoms with van der Waals surface area (Å²) in [5.74, 6) is -0.243. The molecule has 0 radical (unpaired) electrons. The monoisotopic (exact) mass is 420 g/mol. The predicted molar refractivity (Wildman–Crippen MR) is 119 cm³/mol. The molecule has 0 aromatic heterocycles. The molecule has 170 valence electrons. The molecule has 0 aromatic rings. The van der Waals surface area contributed by atoms with Crippen LogP contribution in [0.25, 0.3) is 0 Å². The Morgan fingerprint density at radius 2 is 2.07 bits per heavy atom. The molecule has 2 unspecified atom stereocenters. The van der Waals surface area contributed by atoms with Crippen LogP contribution in [0.1, 0.15) is 72.1 Å². The van der Waals surface area contributed by atoms with Gasteiger partial charge in [-0.15, -0.1) is 0 Å². The molecule has 2 saturated carbocycles. The second kappa shape index (κ2) is 11.3. The van der Waals surface area contributed by atoms with Crippen LogP contribution in [-0.2, 0) is 9.53 Å². The van der Waals surface area contributed by atoms with Gasteiger partial charge >= 0.3 is 5.97 Å². The van der Waals surface area contributed by atoms with Gasteiger partial charge in [-0.2, -0.15) is 0 Å². The van der Waals surface area contributed by atoms with Crippen LogP contribution in [0.4, 0.5) is 0 Å². The van der Waals surface area contributed by atoms with Crippen LogP contribution < -0.4 is 0 Å². The minimum atomic E-state index is -0.793. The van der Waals surface area contributed by atoms with E-state index >= 15 is 0 Å². The molecule has 2 aliphatic rings. The standard InChI is InChI=1S/C25H40O5/c1-17(2)7-5-8-18(3)15-20(26)11-12-21-22-16-19(9-6-10-24(28)29)25(22,30-4)14-13-23(21)27/h7,9,11-12,18,20-23,26-27H,5-6,8,10,13-16H2,1-4H3,(H,28,29)/t18?,20?,21-,22-,23-,25+/m1/s1. The fourth-order valence-corrected chi connectivity index (χ4v) is 5.09. The summed E-state index contributed by atoms with van der Waals surface area (Å²) >= 11 is 0. The van der Waals surface area contributed by atoms with E-state index in [0.29, 0.717) is 18.8 Å². The van der Waals surface area contributed by atoms with Crippen molar-refractivity contribution in [2.45, 2.75) is 89.9 Å². The maximum atomic E-state index is 10.8. The number of methoxy groups -OCH3 is 1. The Labute approximate surface area is 181 Å². The number of aliphatic hydroxyl groups excluding tert-OH is 2. The van der Waals surface area contributed by atoms with E-state index in [0.717, 1.165) is 37.7 Å². The van der Waals surface area contributed by atoms with Crippen molar-refractivity contribution >= 4 is 5.97 Å². The van der Waals surface area contributed by atoms with E-state index < -0.39 is 23.8 Å². The Morgan fingerprint density at radius 1 is 1.33 bits per heavy atom. The number of aliphatic hydroxyl groups is 2. The zero-order valence-electron chi connectivity index (χ0n) is 19.0. The first-order valence-corrected chi connectivity index (χ1v) is 11.3. The molecule has 0 spiro atoms. The van der Waals surface area contributed by atoms with E-state index in [1.54, 1.807) is 7.11 Å². The maximum absolute atomic E-state index is 10.8. The number of hydrogen-bond acceptors (Lipinski definition) is 4. The molecule has 0 saturated heterocycles. The molecule has 30 heavy (non-hydrogen) atoms. The van der Waals surface area contributed by atoms with Gasteiger partial charge in [-0.3, -0.25) is 4.79 Å². The van der Waals surface area contributed by atoms with Gasteiger partial charge in [-0.25, -0.2) is 0 Å². The number of ether oxygens (including phenoxy) is 1. The van der Waals surface area contributed by atoms with Crippen LogP contribution in [0.5, 0.6) is 0 Å². The SMILES string of the molecule is CO[C@]12CC[C@@H](O)[C@H](C=CC(O)CC(C)CCC=C(C)C)[C@H]1CC2=CCCC(=O)O. The van der Waals surface area contributed by atoms with E-state index in [1.165, 1.54) is 5.57 Å². The lowest BCUT2D eigenvalue weighted by atomic mass is 9.53. The van der Waals surface area contributed by atoms with Crippen molar-refractivity contribution in [2.24, 2.45) is 17.8 Å². The lowest BCUT2D eigenvalue weighted by Gasteiger charge is -2.58. The third kappa shape index (κ3) is 6.29. The van der Waals surface area contributed by atoms with E-state index in [9.17, 15) is 15.0 Å². The molecular weight excluding hydrogens is 380 g/mol. The highest BCUT2D eigenvalue weighted by Gasteiger charge is 2.57. The van der Waals surface area contributed by atoms with Gasteiger partial charge in [0.25, 0.3) is 0 Å². The Kier molecular flexibility index (Phi) is 9.32. The highest BCUT2D eigenvalue weighted by molar-refractivity contribution is 5.66. The summed E-state index contributed by atoms with van der Waals surface area (Å²) in [6, 6.07) is 0. The number of rotatable bonds is 11. The Morgan fingerprint density at radius 3 is 2.70 bits per heavy atom. The quantitative estimate of drug-likeness (QED) is 0.424. The molecule has 5 nitrogen and oxygen atoms in total. The lowest BCUT2D eigenvalue weighted by molar-refractivity contribution is -0.141. The smallest absolute Gasteiger partial charge is 0.303 e. The molecule has 0 amide bonds. The minimum Gasteiger partial charge on any atom is -0.481 e. The summed E-state index contributed by atoms with van der Waals surface area (Å²) in [5, 5.41) is 30.0. The van der Waals surface area contributed by atoms with Crippen LogP contribution in [0, 0.1) is 17.8 Å². The van der Waals surface area contributed by atoms with Gasteiger partial charge in [-0.1, -0.05) is 36.8 Å². The summed E-state index contributed by atoms with van der Waals surface area (Å²) in [4.78, 5) is 10.8. The average Bonchev–Trinajstić information content (AvgIpc) is 2.65. The number of aliphatic carboxylic acids is 1. The molecule has 5 heteroatoms. The third-order valence-corrected chi connectivity index (χ3v) is 6.83. The number of carbonyl (C=O) groups is 1. The maximum Gasteiger partial charge on any atom is 0.303 e. The summed E-state index contributed by atoms with van der Waals surface area (Å²) in [6.45, 7) is 6.37. The summed E-state index contributed by atoms with van der Waals surface area (Å²) in [7, 11) is 1.71. The largest absolute Gasteiger partial charge is 0.481 e. The van der Waals surface area contributed by atoms with Gasteiger partial charge in [0.15, 0.2) is 0 Å². The van der Waals surface area contributed by atoms with Gasteiger partial charge in [0, 0.05) is 25.4 Å². The van der Waals surface area contributed by atoms with Crippen molar-refractivity contribution in [3.8, 4) is 0 Å². The third-order valence-electron chi connectivity index (χ3n) is 6.83. The van der Waals surface area contributed by atoms with Crippen molar-refractivity contribution in [3.05, 3.63) is 35.5 Å². The number of carboxylic acids is 1. The second-order valence-electron chi connectivity index (χ2n) is 9.40. The number of hydrogen-bond donors (Lipinski definition) is 3. The molecule has 3 N–H and O–H groups in total. The predicted octanol–water partition coefficient (Wildman–Crippen LogP) is 4.64. The summed E-state index contributed by atoms with van der Waals surface area (Å²) < 4.78 is 5.93. The molecule has 6 atom stereocenters. The minimum absolute atomic E-state index is 0.0500. The van der Waals surface area contributed by atoms with Crippen LogP contribution in [0.15, 0.2) is 35.5 Å². The normalized spacial score (nSPS) is 31.8. The van der Waals surface area contributed by atoms with Gasteiger partial charge in [-0.05, 0) is 70.3 Å². The topological polar surface area (TPSA) is 87.0 Å². The van der Waals surface area contributed by atoms with E-state index in [4.69, 9.17) is 9.84 Å². The van der Waals surface area contributed by atoms with E-state index in [1.807, 2.05) is 18.2 Å². The molecule has 0 aromatic carbocycles. The fraction of sp³-hybridized carbons (Fsp3) is 0.720. The summed E-state index contributed by atoms with van der Waals surface area (Å²) in [6.07, 6.45) is 12.8. The first-order chi connectivity index (χ1) is 14.2. The zero-order valence-corrected chi connectivity index (χ0v) is 19.0. The highest BCUT2D eigenvalue weighted by atomic mass is 16.5. The first-order valence-electron chi connectivity index (χ1n) is 11.3. The molecule has 2 aliphatic carbocycles. The van der Waals surface area contributed by atoms with E-state index in [-0.39, 0.29) is 18.3 Å². The molecular formula is C25H40O5. The summed E-state index contributed by atoms with van der Waals surface area (Å²) in [5.41, 5.74) is 2.09. The van der Waals surface area contributed by atoms with Crippen LogP contribution in [0.3, 0.4) is 0 Å². The second-order valence-corrected chi connectivity index (χ2v) is 9.40. The molecule has 2 fully saturated rings. The molecule has 0 bridgehead atoms. The highest BCUT2D eigenvalue weighted by Crippen LogP contribution is 2.57. The van der Waals surface area contributed by atoms with Crippen molar-refractivity contribution in [3.63, 3.8) is 0 Å². The average molecular weight is 421 g/mol. The van der Waals surface area contributed by atoms with Crippen molar-refractivity contribution in [1.29, 1.82) is 0 Å². The molecule has 0 aliphatic heterocycles. The molecule has 0 heterocycles. The number of carboxylic acid groups (broad SMARTS) is 1.